The minimum atomic E-state index is -0.334. The summed E-state index contributed by atoms with van der Waals surface area (Å²) in [5.41, 5.74) is 1.06. The van der Waals surface area contributed by atoms with Crippen LogP contribution in [0.3, 0.4) is 0 Å². The van der Waals surface area contributed by atoms with Gasteiger partial charge in [-0.1, -0.05) is 18.2 Å². The molecule has 1 unspecified atom stereocenters. The number of benzene rings is 1. The van der Waals surface area contributed by atoms with Gasteiger partial charge in [-0.2, -0.15) is 12.6 Å². The lowest BCUT2D eigenvalue weighted by Crippen LogP contribution is -2.07. The fourth-order valence-electron chi connectivity index (χ4n) is 1.38. The van der Waals surface area contributed by atoms with Gasteiger partial charge in [0.1, 0.15) is 5.75 Å². The van der Waals surface area contributed by atoms with E-state index in [1.54, 1.807) is 6.92 Å². The third kappa shape index (κ3) is 4.58. The summed E-state index contributed by atoms with van der Waals surface area (Å²) in [5.74, 6) is 1.71. The Labute approximate surface area is 96.7 Å². The molecule has 1 atom stereocenters. The molecule has 0 aliphatic rings. The molecule has 0 aliphatic heterocycles. The summed E-state index contributed by atoms with van der Waals surface area (Å²) in [5, 5.41) is 9.33. The van der Waals surface area contributed by atoms with E-state index in [9.17, 15) is 5.11 Å². The van der Waals surface area contributed by atoms with Gasteiger partial charge < -0.3 is 9.84 Å². The van der Waals surface area contributed by atoms with Crippen molar-refractivity contribution >= 4 is 12.6 Å². The van der Waals surface area contributed by atoms with Gasteiger partial charge >= 0.3 is 0 Å². The lowest BCUT2D eigenvalue weighted by atomic mass is 10.1. The Hall–Kier alpha value is -0.670. The average Bonchev–Trinajstić information content (AvgIpc) is 2.20. The first-order valence-corrected chi connectivity index (χ1v) is 5.87. The van der Waals surface area contributed by atoms with Crippen molar-refractivity contribution in [1.82, 2.24) is 0 Å². The Bertz CT molecular complexity index is 287. The number of ether oxygens (including phenoxy) is 1. The van der Waals surface area contributed by atoms with Crippen molar-refractivity contribution in [3.8, 4) is 5.75 Å². The van der Waals surface area contributed by atoms with Gasteiger partial charge in [0, 0.05) is 6.42 Å². The van der Waals surface area contributed by atoms with Crippen LogP contribution in [-0.4, -0.2) is 23.6 Å². The first kappa shape index (κ1) is 12.4. The molecule has 0 heterocycles. The molecule has 15 heavy (non-hydrogen) atoms. The zero-order valence-corrected chi connectivity index (χ0v) is 9.91. The third-order valence-electron chi connectivity index (χ3n) is 2.05. The molecule has 0 spiro atoms. The maximum atomic E-state index is 9.33. The van der Waals surface area contributed by atoms with Crippen LogP contribution >= 0.6 is 12.6 Å². The number of aliphatic hydroxyl groups excluding tert-OH is 1. The van der Waals surface area contributed by atoms with Crippen LogP contribution in [0.25, 0.3) is 0 Å². The Balaban J connectivity index is 2.60. The molecule has 0 bridgehead atoms. The number of hydrogen-bond donors (Lipinski definition) is 2. The van der Waals surface area contributed by atoms with E-state index in [2.05, 4.69) is 12.6 Å². The van der Waals surface area contributed by atoms with Crippen LogP contribution in [0.4, 0.5) is 0 Å². The quantitative estimate of drug-likeness (QED) is 0.576. The van der Waals surface area contributed by atoms with Crippen molar-refractivity contribution < 1.29 is 9.84 Å². The van der Waals surface area contributed by atoms with Crippen molar-refractivity contribution in [3.05, 3.63) is 29.8 Å². The van der Waals surface area contributed by atoms with Crippen LogP contribution in [-0.2, 0) is 6.42 Å². The van der Waals surface area contributed by atoms with Gasteiger partial charge in [0.15, 0.2) is 0 Å². The monoisotopic (exact) mass is 226 g/mol. The van der Waals surface area contributed by atoms with Gasteiger partial charge in [-0.05, 0) is 30.7 Å². The number of thiol groups is 1. The molecule has 0 aliphatic carbocycles. The number of para-hydroxylation sites is 1. The van der Waals surface area contributed by atoms with E-state index in [0.29, 0.717) is 13.0 Å². The number of rotatable bonds is 6. The standard InChI is InChI=1S/C12H18O2S/c1-10(13)9-11-5-2-3-6-12(11)14-7-4-8-15/h2-3,5-6,10,13,15H,4,7-9H2,1H3. The molecule has 1 N–H and O–H groups in total. The summed E-state index contributed by atoms with van der Waals surface area (Å²) in [7, 11) is 0. The molecule has 1 rings (SSSR count). The second-order valence-electron chi connectivity index (χ2n) is 3.59. The second kappa shape index (κ2) is 6.75. The van der Waals surface area contributed by atoms with Crippen LogP contribution in [0, 0.1) is 0 Å². The normalized spacial score (nSPS) is 12.5. The molecular weight excluding hydrogens is 208 g/mol. The highest BCUT2D eigenvalue weighted by atomic mass is 32.1. The minimum Gasteiger partial charge on any atom is -0.493 e. The smallest absolute Gasteiger partial charge is 0.122 e. The number of hydrogen-bond acceptors (Lipinski definition) is 3. The predicted octanol–water partition coefficient (Wildman–Crippen LogP) is 2.31. The lowest BCUT2D eigenvalue weighted by molar-refractivity contribution is 0.193. The van der Waals surface area contributed by atoms with Crippen molar-refractivity contribution in [2.75, 3.05) is 12.4 Å². The van der Waals surface area contributed by atoms with Crippen molar-refractivity contribution in [2.45, 2.75) is 25.9 Å². The zero-order valence-electron chi connectivity index (χ0n) is 9.02. The maximum absolute atomic E-state index is 9.33. The van der Waals surface area contributed by atoms with Crippen LogP contribution in [0.1, 0.15) is 18.9 Å². The van der Waals surface area contributed by atoms with E-state index in [0.717, 1.165) is 23.5 Å². The molecular formula is C12H18O2S. The fraction of sp³-hybridized carbons (Fsp3) is 0.500. The van der Waals surface area contributed by atoms with Gasteiger partial charge in [0.2, 0.25) is 0 Å². The van der Waals surface area contributed by atoms with E-state index in [1.807, 2.05) is 24.3 Å². The summed E-state index contributed by atoms with van der Waals surface area (Å²) < 4.78 is 5.62. The van der Waals surface area contributed by atoms with Crippen LogP contribution in [0.5, 0.6) is 5.75 Å². The molecule has 0 fully saturated rings. The Morgan fingerprint density at radius 3 is 2.80 bits per heavy atom. The van der Waals surface area contributed by atoms with Gasteiger partial charge in [-0.25, -0.2) is 0 Å². The van der Waals surface area contributed by atoms with E-state index in [-0.39, 0.29) is 6.10 Å². The minimum absolute atomic E-state index is 0.334. The lowest BCUT2D eigenvalue weighted by Gasteiger charge is -2.12. The summed E-state index contributed by atoms with van der Waals surface area (Å²) >= 11 is 4.13. The van der Waals surface area contributed by atoms with E-state index in [4.69, 9.17) is 4.74 Å². The van der Waals surface area contributed by atoms with Crippen molar-refractivity contribution in [2.24, 2.45) is 0 Å². The van der Waals surface area contributed by atoms with Crippen LogP contribution in [0.2, 0.25) is 0 Å². The largest absolute Gasteiger partial charge is 0.493 e. The summed E-state index contributed by atoms with van der Waals surface area (Å²) in [6, 6.07) is 7.84. The highest BCUT2D eigenvalue weighted by molar-refractivity contribution is 7.80. The van der Waals surface area contributed by atoms with Crippen molar-refractivity contribution in [1.29, 1.82) is 0 Å². The Kier molecular flexibility index (Phi) is 5.58. The summed E-state index contributed by atoms with van der Waals surface area (Å²) in [6.07, 6.45) is 1.24. The molecule has 2 nitrogen and oxygen atoms in total. The van der Waals surface area contributed by atoms with Crippen LogP contribution < -0.4 is 4.74 Å². The zero-order chi connectivity index (χ0) is 11.1. The van der Waals surface area contributed by atoms with E-state index >= 15 is 0 Å². The van der Waals surface area contributed by atoms with Gasteiger partial charge in [0.25, 0.3) is 0 Å². The first-order valence-electron chi connectivity index (χ1n) is 5.23. The highest BCUT2D eigenvalue weighted by Crippen LogP contribution is 2.19. The Morgan fingerprint density at radius 2 is 2.13 bits per heavy atom. The first-order chi connectivity index (χ1) is 7.24. The molecule has 1 aromatic rings. The Morgan fingerprint density at radius 1 is 1.40 bits per heavy atom. The molecule has 0 amide bonds. The topological polar surface area (TPSA) is 29.5 Å². The van der Waals surface area contributed by atoms with Crippen molar-refractivity contribution in [3.63, 3.8) is 0 Å². The summed E-state index contributed by atoms with van der Waals surface area (Å²) in [6.45, 7) is 2.46. The molecule has 84 valence electrons. The van der Waals surface area contributed by atoms with E-state index in [1.165, 1.54) is 0 Å². The SMILES string of the molecule is CC(O)Cc1ccccc1OCCCS. The molecule has 0 radical (unpaired) electrons. The third-order valence-corrected chi connectivity index (χ3v) is 2.36. The molecule has 1 aromatic carbocycles. The molecule has 0 saturated heterocycles. The highest BCUT2D eigenvalue weighted by Gasteiger charge is 2.05. The van der Waals surface area contributed by atoms with Gasteiger partial charge in [-0.15, -0.1) is 0 Å². The fourth-order valence-corrected chi connectivity index (χ4v) is 1.51. The maximum Gasteiger partial charge on any atom is 0.122 e. The molecule has 3 heteroatoms. The van der Waals surface area contributed by atoms with Gasteiger partial charge in [0.05, 0.1) is 12.7 Å². The van der Waals surface area contributed by atoms with Gasteiger partial charge in [-0.3, -0.25) is 0 Å². The summed E-state index contributed by atoms with van der Waals surface area (Å²) in [4.78, 5) is 0. The van der Waals surface area contributed by atoms with E-state index < -0.39 is 0 Å². The molecule has 0 aromatic heterocycles. The average molecular weight is 226 g/mol. The van der Waals surface area contributed by atoms with Crippen LogP contribution in [0.15, 0.2) is 24.3 Å². The second-order valence-corrected chi connectivity index (χ2v) is 4.03. The number of aliphatic hydroxyl groups is 1. The molecule has 0 saturated carbocycles. The predicted molar refractivity (Wildman–Crippen MR) is 65.8 cm³/mol.